The average Bonchev–Trinajstić information content (AvgIpc) is 2.93. The fourth-order valence-corrected chi connectivity index (χ4v) is 1.81. The van der Waals surface area contributed by atoms with Crippen LogP contribution in [0.3, 0.4) is 0 Å². The van der Waals surface area contributed by atoms with Crippen LogP contribution < -0.4 is 5.32 Å². The molecule has 0 spiro atoms. The van der Waals surface area contributed by atoms with Crippen LogP contribution in [0.15, 0.2) is 36.4 Å². The number of hydrogen-bond acceptors (Lipinski definition) is 5. The second kappa shape index (κ2) is 9.02. The Hall–Kier alpha value is -2.02. The van der Waals surface area contributed by atoms with Crippen LogP contribution in [0.25, 0.3) is 0 Å². The number of halogens is 1. The van der Waals surface area contributed by atoms with Gasteiger partial charge in [0.15, 0.2) is 23.8 Å². The van der Waals surface area contributed by atoms with Gasteiger partial charge in [0.05, 0.1) is 6.61 Å². The topological polar surface area (TPSA) is 56.1 Å². The van der Waals surface area contributed by atoms with Gasteiger partial charge in [-0.05, 0) is 19.1 Å². The van der Waals surface area contributed by atoms with Crippen molar-refractivity contribution in [3.8, 4) is 0 Å². The fraction of sp³-hybridized carbons (Fsp3) is 0.286. The maximum atomic E-state index is 12.7. The van der Waals surface area contributed by atoms with Gasteiger partial charge in [-0.2, -0.15) is 4.09 Å². The van der Waals surface area contributed by atoms with E-state index < -0.39 is 5.97 Å². The molecule has 1 aromatic heterocycles. The van der Waals surface area contributed by atoms with Gasteiger partial charge in [-0.3, -0.25) is 0 Å². The van der Waals surface area contributed by atoms with Gasteiger partial charge < -0.3 is 10.1 Å². The summed E-state index contributed by atoms with van der Waals surface area (Å²) in [5.41, 5.74) is 0.846. The summed E-state index contributed by atoms with van der Waals surface area (Å²) in [6.45, 7) is 5.91. The molecular formula is C14H18FN3O2S. The Morgan fingerprint density at radius 2 is 2.05 bits per heavy atom. The molecule has 2 aromatic rings. The lowest BCUT2D eigenvalue weighted by Gasteiger charge is -2.00. The number of hydrogen-bond donors (Lipinski definition) is 1. The van der Waals surface area contributed by atoms with Crippen LogP contribution in [0.2, 0.25) is 0 Å². The number of para-hydroxylation sites is 1. The number of ether oxygens (including phenoxy) is 1. The molecule has 0 aliphatic rings. The van der Waals surface area contributed by atoms with Crippen molar-refractivity contribution in [2.45, 2.75) is 20.8 Å². The second-order valence-corrected chi connectivity index (χ2v) is 4.05. The number of aromatic nitrogens is 2. The molecular weight excluding hydrogens is 293 g/mol. The molecule has 2 rings (SSSR count). The predicted molar refractivity (Wildman–Crippen MR) is 83.4 cm³/mol. The van der Waals surface area contributed by atoms with Crippen molar-refractivity contribution in [2.75, 3.05) is 11.9 Å². The minimum atomic E-state index is -0.610. The molecule has 0 radical (unpaired) electrons. The van der Waals surface area contributed by atoms with Crippen LogP contribution in [0.1, 0.15) is 31.3 Å². The lowest BCUT2D eigenvalue weighted by Crippen LogP contribution is -2.08. The van der Waals surface area contributed by atoms with E-state index in [1.165, 1.54) is 6.07 Å². The molecule has 0 atom stereocenters. The molecule has 7 heteroatoms. The van der Waals surface area contributed by atoms with Crippen LogP contribution in [-0.2, 0) is 4.74 Å². The maximum absolute atomic E-state index is 12.7. The first-order valence-corrected chi connectivity index (χ1v) is 7.30. The van der Waals surface area contributed by atoms with Gasteiger partial charge in [-0.1, -0.05) is 32.0 Å². The Balaban J connectivity index is 0.00000106. The standard InChI is InChI=1S/C12H12FN3O2S.C2H6/c1-2-18-12(17)10-8-11(15-16(10)19-13)14-9-6-4-3-5-7-9;1-2/h3-8H,2H2,1H3,(H,14,15);1-2H3. The number of nitrogens with zero attached hydrogens (tertiary/aromatic N) is 2. The van der Waals surface area contributed by atoms with Gasteiger partial charge in [0.1, 0.15) is 0 Å². The molecule has 0 bridgehead atoms. The zero-order valence-electron chi connectivity index (χ0n) is 12.2. The first-order chi connectivity index (χ1) is 10.2. The Morgan fingerprint density at radius 1 is 1.38 bits per heavy atom. The lowest BCUT2D eigenvalue weighted by molar-refractivity contribution is 0.0517. The van der Waals surface area contributed by atoms with Crippen LogP contribution in [0.5, 0.6) is 0 Å². The Bertz CT molecular complexity index is 561. The molecule has 5 nitrogen and oxygen atoms in total. The number of carbonyl (C=O) groups is 1. The minimum absolute atomic E-state index is 0.0489. The lowest BCUT2D eigenvalue weighted by atomic mass is 10.3. The highest BCUT2D eigenvalue weighted by Crippen LogP contribution is 2.20. The summed E-state index contributed by atoms with van der Waals surface area (Å²) >= 11 is -0.154. The van der Waals surface area contributed by atoms with Gasteiger partial charge in [-0.25, -0.2) is 4.79 Å². The monoisotopic (exact) mass is 311 g/mol. The van der Waals surface area contributed by atoms with Crippen LogP contribution >= 0.6 is 12.3 Å². The third kappa shape index (κ3) is 4.78. The van der Waals surface area contributed by atoms with Crippen LogP contribution in [0, 0.1) is 0 Å². The number of esters is 1. The third-order valence-corrected chi connectivity index (χ3v) is 2.68. The number of nitrogens with one attached hydrogen (secondary N) is 1. The third-order valence-electron chi connectivity index (χ3n) is 2.27. The maximum Gasteiger partial charge on any atom is 0.357 e. The SMILES string of the molecule is CC.CCOC(=O)c1cc(Nc2ccccc2)nn1SF. The second-order valence-electron chi connectivity index (χ2n) is 3.57. The minimum Gasteiger partial charge on any atom is -0.461 e. The summed E-state index contributed by atoms with van der Waals surface area (Å²) in [4.78, 5) is 11.6. The van der Waals surface area contributed by atoms with Crippen LogP contribution in [-0.4, -0.2) is 21.8 Å². The largest absolute Gasteiger partial charge is 0.461 e. The van der Waals surface area contributed by atoms with Gasteiger partial charge in [0.25, 0.3) is 0 Å². The average molecular weight is 311 g/mol. The molecule has 0 aliphatic carbocycles. The van der Waals surface area contributed by atoms with E-state index in [1.807, 2.05) is 44.2 Å². The summed E-state index contributed by atoms with van der Waals surface area (Å²) in [5, 5.41) is 6.90. The number of benzene rings is 1. The zero-order valence-corrected chi connectivity index (χ0v) is 13.0. The van der Waals surface area contributed by atoms with E-state index in [9.17, 15) is 8.68 Å². The number of rotatable bonds is 5. The summed E-state index contributed by atoms with van der Waals surface area (Å²) in [7, 11) is 0. The fourth-order valence-electron chi connectivity index (χ4n) is 1.49. The van der Waals surface area contributed by atoms with Crippen molar-refractivity contribution in [3.63, 3.8) is 0 Å². The Morgan fingerprint density at radius 3 is 2.62 bits per heavy atom. The van der Waals surface area contributed by atoms with Crippen LogP contribution in [0.4, 0.5) is 15.4 Å². The molecule has 0 saturated carbocycles. The van der Waals surface area contributed by atoms with Gasteiger partial charge >= 0.3 is 5.97 Å². The molecule has 0 unspecified atom stereocenters. The zero-order chi connectivity index (χ0) is 15.7. The Kier molecular flexibility index (Phi) is 7.31. The van der Waals surface area contributed by atoms with E-state index in [-0.39, 0.29) is 24.6 Å². The first-order valence-electron chi connectivity index (χ1n) is 6.63. The molecule has 1 heterocycles. The van der Waals surface area contributed by atoms with E-state index in [1.54, 1.807) is 6.92 Å². The highest BCUT2D eigenvalue weighted by molar-refractivity contribution is 7.92. The predicted octanol–water partition coefficient (Wildman–Crippen LogP) is 4.21. The summed E-state index contributed by atoms with van der Waals surface area (Å²) in [5.74, 6) is -0.235. The first kappa shape index (κ1) is 17.0. The number of anilines is 2. The van der Waals surface area contributed by atoms with E-state index >= 15 is 0 Å². The van der Waals surface area contributed by atoms with Crippen molar-refractivity contribution >= 4 is 29.8 Å². The highest BCUT2D eigenvalue weighted by atomic mass is 32.2. The smallest absolute Gasteiger partial charge is 0.357 e. The van der Waals surface area contributed by atoms with Crippen molar-refractivity contribution in [2.24, 2.45) is 0 Å². The normalized spacial score (nSPS) is 9.52. The molecule has 21 heavy (non-hydrogen) atoms. The van der Waals surface area contributed by atoms with Crippen molar-refractivity contribution in [1.29, 1.82) is 0 Å². The Labute approximate surface area is 127 Å². The molecule has 0 saturated heterocycles. The van der Waals surface area contributed by atoms with E-state index in [2.05, 4.69) is 10.4 Å². The molecule has 0 aliphatic heterocycles. The quantitative estimate of drug-likeness (QED) is 0.838. The van der Waals surface area contributed by atoms with E-state index in [0.717, 1.165) is 9.77 Å². The molecule has 0 fully saturated rings. The van der Waals surface area contributed by atoms with Crippen molar-refractivity contribution in [1.82, 2.24) is 9.19 Å². The highest BCUT2D eigenvalue weighted by Gasteiger charge is 2.17. The van der Waals surface area contributed by atoms with Gasteiger partial charge in [0.2, 0.25) is 0 Å². The van der Waals surface area contributed by atoms with E-state index in [0.29, 0.717) is 5.82 Å². The molecule has 114 valence electrons. The summed E-state index contributed by atoms with van der Waals surface area (Å²) in [6.07, 6.45) is 0. The molecule has 1 N–H and O–H groups in total. The van der Waals surface area contributed by atoms with Gasteiger partial charge in [-0.15, -0.1) is 8.98 Å². The number of carbonyl (C=O) groups excluding carboxylic acids is 1. The molecule has 0 amide bonds. The van der Waals surface area contributed by atoms with Gasteiger partial charge in [0, 0.05) is 11.8 Å². The van der Waals surface area contributed by atoms with Crippen molar-refractivity contribution < 1.29 is 13.4 Å². The van der Waals surface area contributed by atoms with E-state index in [4.69, 9.17) is 4.74 Å². The summed E-state index contributed by atoms with van der Waals surface area (Å²) in [6, 6.07) is 10.7. The van der Waals surface area contributed by atoms with Crippen molar-refractivity contribution in [3.05, 3.63) is 42.1 Å². The summed E-state index contributed by atoms with van der Waals surface area (Å²) < 4.78 is 18.4. The molecule has 1 aromatic carbocycles.